The fraction of sp³-hybridized carbons (Fsp3) is 0.353. The number of hydrogen-bond donors (Lipinski definition) is 2. The zero-order valence-corrected chi connectivity index (χ0v) is 12.3. The summed E-state index contributed by atoms with van der Waals surface area (Å²) in [4.78, 5) is 19.7. The average molecular weight is 297 g/mol. The number of carbonyl (C=O) groups is 1. The molecule has 1 aliphatic heterocycles. The first-order valence-electron chi connectivity index (χ1n) is 7.58. The number of rotatable bonds is 4. The van der Waals surface area contributed by atoms with Gasteiger partial charge < -0.3 is 10.4 Å². The fourth-order valence-corrected chi connectivity index (χ4v) is 2.87. The van der Waals surface area contributed by atoms with Crippen LogP contribution in [0.5, 0.6) is 0 Å². The van der Waals surface area contributed by atoms with Crippen LogP contribution < -0.4 is 5.32 Å². The van der Waals surface area contributed by atoms with Crippen LogP contribution in [0.4, 0.5) is 0 Å². The largest absolute Gasteiger partial charge is 0.478 e. The molecular weight excluding hydrogens is 278 g/mol. The van der Waals surface area contributed by atoms with E-state index in [4.69, 9.17) is 5.11 Å². The van der Waals surface area contributed by atoms with E-state index in [1.165, 1.54) is 12.8 Å². The van der Waals surface area contributed by atoms with Gasteiger partial charge in [0.25, 0.3) is 0 Å². The lowest BCUT2D eigenvalue weighted by molar-refractivity contribution is 0.0697. The first-order chi connectivity index (χ1) is 10.7. The quantitative estimate of drug-likeness (QED) is 0.906. The lowest BCUT2D eigenvalue weighted by Gasteiger charge is -2.22. The molecule has 1 fully saturated rings. The van der Waals surface area contributed by atoms with E-state index in [1.54, 1.807) is 24.5 Å². The summed E-state index contributed by atoms with van der Waals surface area (Å²) in [6, 6.07) is 8.82. The van der Waals surface area contributed by atoms with Crippen LogP contribution in [0.2, 0.25) is 0 Å². The minimum Gasteiger partial charge on any atom is -0.478 e. The van der Waals surface area contributed by atoms with Gasteiger partial charge in [-0.1, -0.05) is 12.1 Å². The summed E-state index contributed by atoms with van der Waals surface area (Å²) in [6.45, 7) is 2.14. The van der Waals surface area contributed by atoms with Crippen molar-refractivity contribution in [3.8, 4) is 11.3 Å². The molecule has 5 heteroatoms. The van der Waals surface area contributed by atoms with Crippen LogP contribution >= 0.6 is 0 Å². The second-order valence-electron chi connectivity index (χ2n) is 5.70. The zero-order chi connectivity index (χ0) is 15.4. The van der Waals surface area contributed by atoms with E-state index in [1.807, 2.05) is 12.1 Å². The number of nitrogens with one attached hydrogen (secondary N) is 1. The van der Waals surface area contributed by atoms with Crippen molar-refractivity contribution in [2.24, 2.45) is 5.92 Å². The number of carboxylic acid groups (broad SMARTS) is 1. The molecule has 114 valence electrons. The van der Waals surface area contributed by atoms with Gasteiger partial charge in [-0.15, -0.1) is 0 Å². The molecule has 1 aromatic heterocycles. The van der Waals surface area contributed by atoms with Gasteiger partial charge in [-0.05, 0) is 56.5 Å². The molecule has 0 spiro atoms. The topological polar surface area (TPSA) is 75.1 Å². The second kappa shape index (κ2) is 6.66. The van der Waals surface area contributed by atoms with Crippen molar-refractivity contribution in [2.45, 2.75) is 19.3 Å². The van der Waals surface area contributed by atoms with Crippen molar-refractivity contribution in [2.75, 3.05) is 13.1 Å². The van der Waals surface area contributed by atoms with Gasteiger partial charge in [0, 0.05) is 11.3 Å². The predicted octanol–water partition coefficient (Wildman–Crippen LogP) is 2.38. The van der Waals surface area contributed by atoms with Crippen molar-refractivity contribution in [1.29, 1.82) is 0 Å². The number of aromatic nitrogens is 2. The van der Waals surface area contributed by atoms with Crippen molar-refractivity contribution in [3.05, 3.63) is 47.9 Å². The monoisotopic (exact) mass is 297 g/mol. The maximum absolute atomic E-state index is 11.1. The molecule has 2 aromatic rings. The van der Waals surface area contributed by atoms with Crippen molar-refractivity contribution in [1.82, 2.24) is 15.3 Å². The van der Waals surface area contributed by atoms with Crippen LogP contribution in [0.15, 0.2) is 36.7 Å². The van der Waals surface area contributed by atoms with Crippen molar-refractivity contribution >= 4 is 5.97 Å². The van der Waals surface area contributed by atoms with Crippen LogP contribution in [0.1, 0.15) is 28.9 Å². The highest BCUT2D eigenvalue weighted by molar-refractivity contribution is 5.89. The van der Waals surface area contributed by atoms with Crippen molar-refractivity contribution < 1.29 is 9.90 Å². The third-order valence-electron chi connectivity index (χ3n) is 4.03. The molecular formula is C17H19N3O2. The summed E-state index contributed by atoms with van der Waals surface area (Å²) < 4.78 is 0. The van der Waals surface area contributed by atoms with Gasteiger partial charge in [0.05, 0.1) is 11.3 Å². The number of nitrogens with zero attached hydrogens (tertiary/aromatic N) is 2. The zero-order valence-electron chi connectivity index (χ0n) is 12.3. The molecule has 22 heavy (non-hydrogen) atoms. The van der Waals surface area contributed by atoms with E-state index in [-0.39, 0.29) is 5.56 Å². The van der Waals surface area contributed by atoms with E-state index < -0.39 is 5.97 Å². The molecule has 1 aromatic carbocycles. The molecule has 1 aliphatic rings. The van der Waals surface area contributed by atoms with Crippen LogP contribution in [-0.4, -0.2) is 34.1 Å². The summed E-state index contributed by atoms with van der Waals surface area (Å²) in [5.74, 6) is -0.314. The molecule has 1 atom stereocenters. The Bertz CT molecular complexity index is 666. The summed E-state index contributed by atoms with van der Waals surface area (Å²) in [5, 5.41) is 12.5. The third kappa shape index (κ3) is 3.49. The summed E-state index contributed by atoms with van der Waals surface area (Å²) in [7, 11) is 0. The summed E-state index contributed by atoms with van der Waals surface area (Å²) in [5.41, 5.74) is 2.87. The first kappa shape index (κ1) is 14.7. The molecule has 0 saturated carbocycles. The number of carboxylic acids is 1. The minimum absolute atomic E-state index is 0.272. The highest BCUT2D eigenvalue weighted by atomic mass is 16.4. The SMILES string of the molecule is O=C(O)c1cccc(-c2cc(C[C@@H]3CCCNC3)ncn2)c1. The van der Waals surface area contributed by atoms with Gasteiger partial charge >= 0.3 is 5.97 Å². The Kier molecular flexibility index (Phi) is 4.44. The van der Waals surface area contributed by atoms with E-state index in [0.717, 1.165) is 36.5 Å². The van der Waals surface area contributed by atoms with E-state index in [9.17, 15) is 4.79 Å². The molecule has 0 amide bonds. The molecule has 1 saturated heterocycles. The normalized spacial score (nSPS) is 18.1. The molecule has 0 bridgehead atoms. The summed E-state index contributed by atoms with van der Waals surface area (Å²) in [6.07, 6.45) is 4.93. The number of hydrogen-bond acceptors (Lipinski definition) is 4. The van der Waals surface area contributed by atoms with Crippen LogP contribution in [0.25, 0.3) is 11.3 Å². The van der Waals surface area contributed by atoms with E-state index in [2.05, 4.69) is 15.3 Å². The van der Waals surface area contributed by atoms with Gasteiger partial charge in [0.2, 0.25) is 0 Å². The Morgan fingerprint density at radius 1 is 1.32 bits per heavy atom. The fourth-order valence-electron chi connectivity index (χ4n) is 2.87. The Morgan fingerprint density at radius 2 is 2.23 bits per heavy atom. The third-order valence-corrected chi connectivity index (χ3v) is 4.03. The van der Waals surface area contributed by atoms with Crippen LogP contribution in [0.3, 0.4) is 0 Å². The highest BCUT2D eigenvalue weighted by Crippen LogP contribution is 2.21. The standard InChI is InChI=1S/C17H19N3O2/c21-17(22)14-5-1-4-13(8-14)16-9-15(19-11-20-16)7-12-3-2-6-18-10-12/h1,4-5,8-9,11-12,18H,2-3,6-7,10H2,(H,21,22)/t12-/m0/s1. The Labute approximate surface area is 129 Å². The lowest BCUT2D eigenvalue weighted by Crippen LogP contribution is -2.31. The van der Waals surface area contributed by atoms with Gasteiger partial charge in [0.15, 0.2) is 0 Å². The van der Waals surface area contributed by atoms with E-state index >= 15 is 0 Å². The molecule has 3 rings (SSSR count). The van der Waals surface area contributed by atoms with Gasteiger partial charge in [0.1, 0.15) is 6.33 Å². The minimum atomic E-state index is -0.926. The maximum Gasteiger partial charge on any atom is 0.335 e. The van der Waals surface area contributed by atoms with Gasteiger partial charge in [-0.3, -0.25) is 0 Å². The molecule has 5 nitrogen and oxygen atoms in total. The smallest absolute Gasteiger partial charge is 0.335 e. The maximum atomic E-state index is 11.1. The van der Waals surface area contributed by atoms with Crippen LogP contribution in [0, 0.1) is 5.92 Å². The summed E-state index contributed by atoms with van der Waals surface area (Å²) >= 11 is 0. The Balaban J connectivity index is 1.81. The number of benzene rings is 1. The molecule has 0 aliphatic carbocycles. The molecule has 2 N–H and O–H groups in total. The highest BCUT2D eigenvalue weighted by Gasteiger charge is 2.15. The Hall–Kier alpha value is -2.27. The van der Waals surface area contributed by atoms with Crippen LogP contribution in [-0.2, 0) is 6.42 Å². The van der Waals surface area contributed by atoms with Gasteiger partial charge in [-0.2, -0.15) is 0 Å². The molecule has 0 radical (unpaired) electrons. The lowest BCUT2D eigenvalue weighted by atomic mass is 9.94. The number of aromatic carboxylic acids is 1. The van der Waals surface area contributed by atoms with E-state index in [0.29, 0.717) is 5.92 Å². The Morgan fingerprint density at radius 3 is 3.00 bits per heavy atom. The molecule has 0 unspecified atom stereocenters. The molecule has 2 heterocycles. The second-order valence-corrected chi connectivity index (χ2v) is 5.70. The first-order valence-corrected chi connectivity index (χ1v) is 7.58. The average Bonchev–Trinajstić information content (AvgIpc) is 2.56. The van der Waals surface area contributed by atoms with Crippen molar-refractivity contribution in [3.63, 3.8) is 0 Å². The predicted molar refractivity (Wildman–Crippen MR) is 83.7 cm³/mol. The number of piperidine rings is 1. The van der Waals surface area contributed by atoms with Gasteiger partial charge in [-0.25, -0.2) is 14.8 Å².